The Kier molecular flexibility index (Phi) is 3.05. The summed E-state index contributed by atoms with van der Waals surface area (Å²) in [4.78, 5) is 17.3. The molecule has 0 fully saturated rings. The van der Waals surface area contributed by atoms with Gasteiger partial charge < -0.3 is 5.73 Å². The highest BCUT2D eigenvalue weighted by Gasteiger charge is 2.04. The van der Waals surface area contributed by atoms with E-state index in [-0.39, 0.29) is 5.56 Å². The lowest BCUT2D eigenvalue weighted by Gasteiger charge is -2.05. The molecular weight excluding hydrogens is 258 g/mol. The third kappa shape index (κ3) is 2.37. The lowest BCUT2D eigenvalue weighted by Crippen LogP contribution is -2.20. The van der Waals surface area contributed by atoms with Gasteiger partial charge >= 0.3 is 0 Å². The Labute approximate surface area is 114 Å². The zero-order valence-corrected chi connectivity index (χ0v) is 11.1. The summed E-state index contributed by atoms with van der Waals surface area (Å²) in [7, 11) is 0. The van der Waals surface area contributed by atoms with E-state index in [1.54, 1.807) is 10.9 Å². The van der Waals surface area contributed by atoms with E-state index < -0.39 is 0 Å². The van der Waals surface area contributed by atoms with E-state index in [4.69, 9.17) is 5.73 Å². The van der Waals surface area contributed by atoms with Crippen molar-refractivity contribution in [2.75, 3.05) is 5.73 Å². The van der Waals surface area contributed by atoms with Crippen LogP contribution in [-0.2, 0) is 13.0 Å². The quantitative estimate of drug-likeness (QED) is 0.743. The minimum atomic E-state index is 0.0293. The Morgan fingerprint density at radius 1 is 1.21 bits per heavy atom. The summed E-state index contributed by atoms with van der Waals surface area (Å²) in [5.41, 5.74) is 7.58. The summed E-state index contributed by atoms with van der Waals surface area (Å²) in [6.45, 7) is 0.627. The van der Waals surface area contributed by atoms with Gasteiger partial charge in [0.1, 0.15) is 4.83 Å². The summed E-state index contributed by atoms with van der Waals surface area (Å²) in [6, 6.07) is 9.54. The van der Waals surface area contributed by atoms with Gasteiger partial charge in [0.25, 0.3) is 5.56 Å². The van der Waals surface area contributed by atoms with Crippen LogP contribution < -0.4 is 11.3 Å². The fraction of sp³-hybridized carbons (Fsp3) is 0.143. The highest BCUT2D eigenvalue weighted by molar-refractivity contribution is 7.16. The molecule has 19 heavy (non-hydrogen) atoms. The Hall–Kier alpha value is -2.14. The van der Waals surface area contributed by atoms with Crippen molar-refractivity contribution in [3.05, 3.63) is 58.0 Å². The number of rotatable bonds is 3. The van der Waals surface area contributed by atoms with E-state index in [0.717, 1.165) is 22.5 Å². The van der Waals surface area contributed by atoms with Gasteiger partial charge in [-0.15, -0.1) is 11.3 Å². The number of nitrogens with two attached hydrogens (primary N) is 1. The van der Waals surface area contributed by atoms with Gasteiger partial charge in [-0.25, -0.2) is 4.98 Å². The molecule has 2 heterocycles. The maximum Gasteiger partial charge on any atom is 0.262 e. The number of anilines is 1. The van der Waals surface area contributed by atoms with E-state index >= 15 is 0 Å². The van der Waals surface area contributed by atoms with E-state index in [1.165, 1.54) is 11.3 Å². The Morgan fingerprint density at radius 3 is 2.79 bits per heavy atom. The Balaban J connectivity index is 1.83. The van der Waals surface area contributed by atoms with Crippen LogP contribution in [0.4, 0.5) is 5.69 Å². The SMILES string of the molecule is Nc1ccc(CCn2cnc3sccc3c2=O)cc1. The van der Waals surface area contributed by atoms with Crippen LogP contribution in [0.5, 0.6) is 0 Å². The molecule has 0 atom stereocenters. The molecule has 0 saturated heterocycles. The third-order valence-corrected chi connectivity index (χ3v) is 3.89. The molecule has 2 N–H and O–H groups in total. The Bertz CT molecular complexity index is 758. The van der Waals surface area contributed by atoms with Crippen LogP contribution in [-0.4, -0.2) is 9.55 Å². The van der Waals surface area contributed by atoms with Gasteiger partial charge in [-0.05, 0) is 35.6 Å². The number of aromatic nitrogens is 2. The molecule has 5 heteroatoms. The zero-order chi connectivity index (χ0) is 13.2. The molecule has 0 radical (unpaired) electrons. The van der Waals surface area contributed by atoms with Crippen LogP contribution in [0.1, 0.15) is 5.56 Å². The van der Waals surface area contributed by atoms with Gasteiger partial charge in [0, 0.05) is 12.2 Å². The van der Waals surface area contributed by atoms with Crippen LogP contribution in [0.25, 0.3) is 10.2 Å². The standard InChI is InChI=1S/C14H13N3OS/c15-11-3-1-10(2-4-11)5-7-17-9-16-13-12(14(17)18)6-8-19-13/h1-4,6,8-9H,5,7,15H2. The first-order chi connectivity index (χ1) is 9.24. The van der Waals surface area contributed by atoms with Crippen molar-refractivity contribution in [1.82, 2.24) is 9.55 Å². The summed E-state index contributed by atoms with van der Waals surface area (Å²) >= 11 is 1.49. The van der Waals surface area contributed by atoms with Crippen molar-refractivity contribution in [2.45, 2.75) is 13.0 Å². The molecule has 0 aliphatic heterocycles. The van der Waals surface area contributed by atoms with Crippen LogP contribution in [0, 0.1) is 0 Å². The van der Waals surface area contributed by atoms with Gasteiger partial charge in [0.15, 0.2) is 0 Å². The predicted octanol–water partition coefficient (Wildman–Crippen LogP) is 2.28. The maximum atomic E-state index is 12.2. The number of aryl methyl sites for hydroxylation is 2. The molecule has 0 bridgehead atoms. The van der Waals surface area contributed by atoms with Crippen molar-refractivity contribution < 1.29 is 0 Å². The summed E-state index contributed by atoms with van der Waals surface area (Å²) in [5, 5.41) is 2.59. The fourth-order valence-electron chi connectivity index (χ4n) is 1.99. The van der Waals surface area contributed by atoms with Crippen molar-refractivity contribution >= 4 is 27.2 Å². The monoisotopic (exact) mass is 271 g/mol. The normalized spacial score (nSPS) is 10.9. The van der Waals surface area contributed by atoms with Gasteiger partial charge in [0.2, 0.25) is 0 Å². The molecule has 0 spiro atoms. The molecule has 3 aromatic rings. The second kappa shape index (κ2) is 4.85. The van der Waals surface area contributed by atoms with E-state index in [9.17, 15) is 4.79 Å². The van der Waals surface area contributed by atoms with Crippen LogP contribution in [0.2, 0.25) is 0 Å². The molecule has 0 aliphatic carbocycles. The number of benzene rings is 1. The second-order valence-electron chi connectivity index (χ2n) is 4.37. The maximum absolute atomic E-state index is 12.2. The molecule has 96 valence electrons. The molecule has 0 unspecified atom stereocenters. The highest BCUT2D eigenvalue weighted by atomic mass is 32.1. The van der Waals surface area contributed by atoms with E-state index in [1.807, 2.05) is 35.7 Å². The van der Waals surface area contributed by atoms with Crippen molar-refractivity contribution in [1.29, 1.82) is 0 Å². The van der Waals surface area contributed by atoms with Gasteiger partial charge in [-0.2, -0.15) is 0 Å². The first kappa shape index (κ1) is 11.9. The lowest BCUT2D eigenvalue weighted by molar-refractivity contribution is 0.663. The van der Waals surface area contributed by atoms with Gasteiger partial charge in [0.05, 0.1) is 11.7 Å². The molecule has 0 aliphatic rings. The summed E-state index contributed by atoms with van der Waals surface area (Å²) < 4.78 is 1.66. The molecule has 2 aromatic heterocycles. The van der Waals surface area contributed by atoms with Gasteiger partial charge in [-0.1, -0.05) is 12.1 Å². The molecule has 0 saturated carbocycles. The minimum Gasteiger partial charge on any atom is -0.399 e. The Morgan fingerprint density at radius 2 is 2.00 bits per heavy atom. The number of nitrogen functional groups attached to an aromatic ring is 1. The summed E-state index contributed by atoms with van der Waals surface area (Å²) in [5.74, 6) is 0. The fourth-order valence-corrected chi connectivity index (χ4v) is 2.71. The average Bonchev–Trinajstić information content (AvgIpc) is 2.89. The second-order valence-corrected chi connectivity index (χ2v) is 5.27. The topological polar surface area (TPSA) is 60.9 Å². The molecule has 4 nitrogen and oxygen atoms in total. The first-order valence-corrected chi connectivity index (χ1v) is 6.89. The molecule has 0 amide bonds. The van der Waals surface area contributed by atoms with E-state index in [0.29, 0.717) is 11.9 Å². The van der Waals surface area contributed by atoms with Gasteiger partial charge in [-0.3, -0.25) is 9.36 Å². The first-order valence-electron chi connectivity index (χ1n) is 6.01. The van der Waals surface area contributed by atoms with Crippen molar-refractivity contribution in [2.24, 2.45) is 0 Å². The number of fused-ring (bicyclic) bond motifs is 1. The largest absolute Gasteiger partial charge is 0.399 e. The molecule has 3 rings (SSSR count). The lowest BCUT2D eigenvalue weighted by atomic mass is 10.1. The number of thiophene rings is 1. The average molecular weight is 271 g/mol. The molecular formula is C14H13N3OS. The number of hydrogen-bond donors (Lipinski definition) is 1. The zero-order valence-electron chi connectivity index (χ0n) is 10.2. The summed E-state index contributed by atoms with van der Waals surface area (Å²) in [6.07, 6.45) is 2.41. The van der Waals surface area contributed by atoms with Crippen molar-refractivity contribution in [3.63, 3.8) is 0 Å². The molecule has 1 aromatic carbocycles. The number of nitrogens with zero attached hydrogens (tertiary/aromatic N) is 2. The van der Waals surface area contributed by atoms with Crippen LogP contribution in [0.15, 0.2) is 46.8 Å². The minimum absolute atomic E-state index is 0.0293. The predicted molar refractivity (Wildman–Crippen MR) is 78.4 cm³/mol. The van der Waals surface area contributed by atoms with E-state index in [2.05, 4.69) is 4.98 Å². The number of hydrogen-bond acceptors (Lipinski definition) is 4. The van der Waals surface area contributed by atoms with Crippen molar-refractivity contribution in [3.8, 4) is 0 Å². The van der Waals surface area contributed by atoms with Crippen LogP contribution in [0.3, 0.4) is 0 Å². The third-order valence-electron chi connectivity index (χ3n) is 3.07. The highest BCUT2D eigenvalue weighted by Crippen LogP contribution is 2.13. The smallest absolute Gasteiger partial charge is 0.262 e. The van der Waals surface area contributed by atoms with Crippen LogP contribution >= 0.6 is 11.3 Å².